The maximum Gasteiger partial charge on any atom is 0.225 e. The lowest BCUT2D eigenvalue weighted by molar-refractivity contribution is -0.116. The third-order valence-corrected chi connectivity index (χ3v) is 2.90. The van der Waals surface area contributed by atoms with Gasteiger partial charge in [-0.15, -0.1) is 0 Å². The smallest absolute Gasteiger partial charge is 0.225 e. The fourth-order valence-corrected chi connectivity index (χ4v) is 1.96. The number of carbonyl (C=O) groups is 1. The van der Waals surface area contributed by atoms with Gasteiger partial charge in [-0.2, -0.15) is 0 Å². The van der Waals surface area contributed by atoms with E-state index >= 15 is 0 Å². The molecule has 0 saturated heterocycles. The minimum Gasteiger partial charge on any atom is -0.330 e. The molecular formula is C16H18N2O. The van der Waals surface area contributed by atoms with E-state index in [1.54, 1.807) is 0 Å². The Balaban J connectivity index is 2.14. The summed E-state index contributed by atoms with van der Waals surface area (Å²) in [4.78, 5) is 11.6. The molecule has 1 amide bonds. The van der Waals surface area contributed by atoms with Crippen LogP contribution in [0, 0.1) is 0 Å². The van der Waals surface area contributed by atoms with Gasteiger partial charge in [-0.1, -0.05) is 48.5 Å². The van der Waals surface area contributed by atoms with Gasteiger partial charge in [0, 0.05) is 18.7 Å². The van der Waals surface area contributed by atoms with Crippen LogP contribution in [-0.4, -0.2) is 12.5 Å². The number of hydrogen-bond acceptors (Lipinski definition) is 2. The van der Waals surface area contributed by atoms with Crippen LogP contribution in [0.3, 0.4) is 0 Å². The van der Waals surface area contributed by atoms with E-state index in [9.17, 15) is 4.79 Å². The fourth-order valence-electron chi connectivity index (χ4n) is 1.96. The normalized spacial score (nSPS) is 10.2. The Morgan fingerprint density at radius 3 is 2.42 bits per heavy atom. The molecule has 19 heavy (non-hydrogen) atoms. The van der Waals surface area contributed by atoms with E-state index in [4.69, 9.17) is 5.73 Å². The standard InChI is InChI=1S/C16H18N2O/c17-11-10-16(19)18-15-9-5-4-8-14(15)12-13-6-2-1-3-7-13/h1-9H,10-12,17H2,(H,18,19). The van der Waals surface area contributed by atoms with E-state index < -0.39 is 0 Å². The second-order valence-corrected chi connectivity index (χ2v) is 4.41. The first-order chi connectivity index (χ1) is 9.29. The van der Waals surface area contributed by atoms with Crippen LogP contribution in [0.5, 0.6) is 0 Å². The van der Waals surface area contributed by atoms with Crippen LogP contribution < -0.4 is 11.1 Å². The second-order valence-electron chi connectivity index (χ2n) is 4.41. The van der Waals surface area contributed by atoms with Gasteiger partial charge in [-0.05, 0) is 23.6 Å². The molecule has 3 nitrogen and oxygen atoms in total. The minimum atomic E-state index is -0.0389. The highest BCUT2D eigenvalue weighted by molar-refractivity contribution is 5.91. The van der Waals surface area contributed by atoms with Gasteiger partial charge < -0.3 is 11.1 Å². The molecule has 0 spiro atoms. The highest BCUT2D eigenvalue weighted by Crippen LogP contribution is 2.19. The van der Waals surface area contributed by atoms with E-state index in [1.807, 2.05) is 42.5 Å². The van der Waals surface area contributed by atoms with Crippen molar-refractivity contribution in [1.82, 2.24) is 0 Å². The maximum atomic E-state index is 11.6. The molecule has 0 unspecified atom stereocenters. The molecule has 2 rings (SSSR count). The van der Waals surface area contributed by atoms with E-state index in [0.29, 0.717) is 13.0 Å². The molecule has 2 aromatic carbocycles. The van der Waals surface area contributed by atoms with Crippen molar-refractivity contribution in [2.24, 2.45) is 5.73 Å². The lowest BCUT2D eigenvalue weighted by Crippen LogP contribution is -2.17. The minimum absolute atomic E-state index is 0.0389. The lowest BCUT2D eigenvalue weighted by atomic mass is 10.0. The molecular weight excluding hydrogens is 236 g/mol. The summed E-state index contributed by atoms with van der Waals surface area (Å²) < 4.78 is 0. The van der Waals surface area contributed by atoms with Gasteiger partial charge in [-0.25, -0.2) is 0 Å². The summed E-state index contributed by atoms with van der Waals surface area (Å²) in [6, 6.07) is 18.1. The molecule has 0 aliphatic carbocycles. The van der Waals surface area contributed by atoms with Gasteiger partial charge in [0.1, 0.15) is 0 Å². The van der Waals surface area contributed by atoms with Crippen LogP contribution in [0.25, 0.3) is 0 Å². The Morgan fingerprint density at radius 2 is 1.68 bits per heavy atom. The summed E-state index contributed by atoms with van der Waals surface area (Å²) in [6.07, 6.45) is 1.15. The molecule has 0 saturated carbocycles. The van der Waals surface area contributed by atoms with Crippen LogP contribution in [-0.2, 0) is 11.2 Å². The highest BCUT2D eigenvalue weighted by atomic mass is 16.1. The van der Waals surface area contributed by atoms with Gasteiger partial charge in [0.05, 0.1) is 0 Å². The Hall–Kier alpha value is -2.13. The van der Waals surface area contributed by atoms with Crippen molar-refractivity contribution in [3.63, 3.8) is 0 Å². The van der Waals surface area contributed by atoms with Crippen LogP contribution in [0.1, 0.15) is 17.5 Å². The number of nitrogens with one attached hydrogen (secondary N) is 1. The molecule has 0 radical (unpaired) electrons. The van der Waals surface area contributed by atoms with Crippen LogP contribution in [0.15, 0.2) is 54.6 Å². The Kier molecular flexibility index (Phi) is 4.70. The molecule has 3 heteroatoms. The number of rotatable bonds is 5. The molecule has 0 aromatic heterocycles. The number of amides is 1. The fraction of sp³-hybridized carbons (Fsp3) is 0.188. The third-order valence-electron chi connectivity index (χ3n) is 2.90. The van der Waals surface area contributed by atoms with E-state index in [0.717, 1.165) is 17.7 Å². The Bertz CT molecular complexity index is 537. The molecule has 98 valence electrons. The number of anilines is 1. The van der Waals surface area contributed by atoms with Gasteiger partial charge in [0.25, 0.3) is 0 Å². The largest absolute Gasteiger partial charge is 0.330 e. The van der Waals surface area contributed by atoms with Gasteiger partial charge >= 0.3 is 0 Å². The van der Waals surface area contributed by atoms with Gasteiger partial charge in [0.15, 0.2) is 0 Å². The quantitative estimate of drug-likeness (QED) is 0.861. The highest BCUT2D eigenvalue weighted by Gasteiger charge is 2.06. The van der Waals surface area contributed by atoms with Gasteiger partial charge in [0.2, 0.25) is 5.91 Å². The molecule has 2 aromatic rings. The van der Waals surface area contributed by atoms with Crippen molar-refractivity contribution < 1.29 is 4.79 Å². The second kappa shape index (κ2) is 6.71. The summed E-state index contributed by atoms with van der Waals surface area (Å²) in [5.41, 5.74) is 8.58. The van der Waals surface area contributed by atoms with E-state index in [2.05, 4.69) is 17.4 Å². The number of nitrogens with two attached hydrogens (primary N) is 1. The summed E-state index contributed by atoms with van der Waals surface area (Å²) in [6.45, 7) is 0.368. The predicted molar refractivity (Wildman–Crippen MR) is 78.0 cm³/mol. The van der Waals surface area contributed by atoms with Crippen molar-refractivity contribution in [2.45, 2.75) is 12.8 Å². The van der Waals surface area contributed by atoms with Crippen molar-refractivity contribution >= 4 is 11.6 Å². The van der Waals surface area contributed by atoms with Crippen LogP contribution in [0.4, 0.5) is 5.69 Å². The zero-order chi connectivity index (χ0) is 13.5. The number of para-hydroxylation sites is 1. The first kappa shape index (κ1) is 13.3. The van der Waals surface area contributed by atoms with Crippen molar-refractivity contribution in [2.75, 3.05) is 11.9 Å². The van der Waals surface area contributed by atoms with Crippen LogP contribution in [0.2, 0.25) is 0 Å². The number of carbonyl (C=O) groups excluding carboxylic acids is 1. The van der Waals surface area contributed by atoms with Crippen molar-refractivity contribution in [3.05, 3.63) is 65.7 Å². The maximum absolute atomic E-state index is 11.6. The SMILES string of the molecule is NCCC(=O)Nc1ccccc1Cc1ccccc1. The van der Waals surface area contributed by atoms with Crippen molar-refractivity contribution in [3.8, 4) is 0 Å². The molecule has 0 fully saturated rings. The predicted octanol–water partition coefficient (Wildman–Crippen LogP) is 2.56. The van der Waals surface area contributed by atoms with Crippen molar-refractivity contribution in [1.29, 1.82) is 0 Å². The average Bonchev–Trinajstić information content (AvgIpc) is 2.42. The molecule has 3 N–H and O–H groups in total. The van der Waals surface area contributed by atoms with Gasteiger partial charge in [-0.3, -0.25) is 4.79 Å². The lowest BCUT2D eigenvalue weighted by Gasteiger charge is -2.11. The Morgan fingerprint density at radius 1 is 1.00 bits per heavy atom. The zero-order valence-corrected chi connectivity index (χ0v) is 10.8. The van der Waals surface area contributed by atoms with E-state index in [-0.39, 0.29) is 5.91 Å². The zero-order valence-electron chi connectivity index (χ0n) is 10.8. The third kappa shape index (κ3) is 3.93. The number of hydrogen-bond donors (Lipinski definition) is 2. The van der Waals surface area contributed by atoms with E-state index in [1.165, 1.54) is 5.56 Å². The molecule has 0 aliphatic rings. The molecule has 0 atom stereocenters. The topological polar surface area (TPSA) is 55.1 Å². The summed E-state index contributed by atoms with van der Waals surface area (Å²) in [7, 11) is 0. The first-order valence-electron chi connectivity index (χ1n) is 6.41. The first-order valence-corrected chi connectivity index (χ1v) is 6.41. The number of benzene rings is 2. The summed E-state index contributed by atoms with van der Waals surface area (Å²) in [5, 5.41) is 2.91. The summed E-state index contributed by atoms with van der Waals surface area (Å²) in [5.74, 6) is -0.0389. The van der Waals surface area contributed by atoms with Crippen LogP contribution >= 0.6 is 0 Å². The molecule has 0 bridgehead atoms. The monoisotopic (exact) mass is 254 g/mol. The summed E-state index contributed by atoms with van der Waals surface area (Å²) >= 11 is 0. The molecule has 0 aliphatic heterocycles. The Labute approximate surface area is 113 Å². The molecule has 0 heterocycles. The average molecular weight is 254 g/mol.